The van der Waals surface area contributed by atoms with E-state index in [1.165, 1.54) is 31.4 Å². The number of carbonyl (C=O) groups excluding carboxylic acids is 2. The lowest BCUT2D eigenvalue weighted by atomic mass is 9.89. The molecule has 0 saturated carbocycles. The summed E-state index contributed by atoms with van der Waals surface area (Å²) in [6.07, 6.45) is 2.95. The first-order valence-electron chi connectivity index (χ1n) is 12.1. The smallest absolute Gasteiger partial charge is 0.338 e. The number of carbonyl (C=O) groups is 2. The molecule has 7 heteroatoms. The molecule has 7 nitrogen and oxygen atoms in total. The number of aromatic hydroxyl groups is 1. The highest BCUT2D eigenvalue weighted by Gasteiger charge is 2.23. The Morgan fingerprint density at radius 1 is 0.972 bits per heavy atom. The third-order valence-corrected chi connectivity index (χ3v) is 5.70. The number of hydrogen-bond acceptors (Lipinski definition) is 6. The standard InChI is InChI=1S/C27H25NO6.C2H6/c1-3-4-5-12-28-26(31)16-6-9-19(27(32)33-2)22(13-16)25-20-10-7-17(29)14-23(20)34-24-15-18(30)8-11-21(24)25;1-2/h6-11,13-15,29H,3-5,12H2,1-2H3,(H,28,31);1-2H3. The van der Waals surface area contributed by atoms with Gasteiger partial charge in [-0.3, -0.25) is 9.59 Å². The molecule has 0 aromatic heterocycles. The maximum Gasteiger partial charge on any atom is 0.338 e. The van der Waals surface area contributed by atoms with Crippen molar-refractivity contribution in [3.05, 3.63) is 75.9 Å². The Morgan fingerprint density at radius 2 is 1.75 bits per heavy atom. The molecule has 0 atom stereocenters. The fourth-order valence-corrected chi connectivity index (χ4v) is 4.01. The molecule has 0 unspecified atom stereocenters. The number of hydrogen-bond donors (Lipinski definition) is 2. The van der Waals surface area contributed by atoms with Crippen LogP contribution in [0.15, 0.2) is 63.8 Å². The van der Waals surface area contributed by atoms with E-state index in [1.807, 2.05) is 13.8 Å². The molecule has 1 heterocycles. The van der Waals surface area contributed by atoms with Crippen LogP contribution in [0.2, 0.25) is 0 Å². The van der Waals surface area contributed by atoms with Crippen molar-refractivity contribution in [2.75, 3.05) is 13.7 Å². The Hall–Kier alpha value is -4.13. The number of benzene rings is 3. The molecule has 2 N–H and O–H groups in total. The zero-order valence-electron chi connectivity index (χ0n) is 21.0. The van der Waals surface area contributed by atoms with Crippen molar-refractivity contribution in [3.8, 4) is 28.2 Å². The number of phenolic OH excluding ortho intramolecular Hbond substituents is 1. The predicted octanol–water partition coefficient (Wildman–Crippen LogP) is 6.00. The molecule has 2 aromatic carbocycles. The lowest BCUT2D eigenvalue weighted by Crippen LogP contribution is -2.24. The number of phenols is 1. The van der Waals surface area contributed by atoms with Gasteiger partial charge in [0.15, 0.2) is 5.43 Å². The summed E-state index contributed by atoms with van der Waals surface area (Å²) < 4.78 is 10.9. The Bertz CT molecular complexity index is 1400. The van der Waals surface area contributed by atoms with Gasteiger partial charge in [-0.2, -0.15) is 0 Å². The Labute approximate surface area is 210 Å². The summed E-state index contributed by atoms with van der Waals surface area (Å²) in [5, 5.41) is 13.5. The highest BCUT2D eigenvalue weighted by molar-refractivity contribution is 6.09. The molecule has 0 saturated heterocycles. The highest BCUT2D eigenvalue weighted by atomic mass is 16.5. The third kappa shape index (κ3) is 5.57. The van der Waals surface area contributed by atoms with E-state index < -0.39 is 5.97 Å². The molecular formula is C29H31NO6. The van der Waals surface area contributed by atoms with Crippen LogP contribution >= 0.6 is 0 Å². The van der Waals surface area contributed by atoms with Crippen LogP contribution in [0.5, 0.6) is 5.75 Å². The normalized spacial score (nSPS) is 10.6. The van der Waals surface area contributed by atoms with Crippen LogP contribution in [0, 0.1) is 0 Å². The zero-order chi connectivity index (χ0) is 26.2. The topological polar surface area (TPSA) is 106 Å². The van der Waals surface area contributed by atoms with Crippen molar-refractivity contribution in [3.63, 3.8) is 0 Å². The predicted molar refractivity (Wildman–Crippen MR) is 141 cm³/mol. The molecule has 0 spiro atoms. The molecule has 1 amide bonds. The minimum absolute atomic E-state index is 0.00627. The average Bonchev–Trinajstić information content (AvgIpc) is 2.89. The molecular weight excluding hydrogens is 458 g/mol. The maximum atomic E-state index is 12.8. The van der Waals surface area contributed by atoms with Crippen molar-refractivity contribution in [2.24, 2.45) is 0 Å². The van der Waals surface area contributed by atoms with Crippen molar-refractivity contribution in [1.82, 2.24) is 5.32 Å². The van der Waals surface area contributed by atoms with Crippen LogP contribution in [0.4, 0.5) is 0 Å². The molecule has 2 aliphatic rings. The van der Waals surface area contributed by atoms with Gasteiger partial charge in [-0.05, 0) is 54.4 Å². The molecule has 0 radical (unpaired) electrons. The fourth-order valence-electron chi connectivity index (χ4n) is 4.01. The molecule has 0 bridgehead atoms. The minimum atomic E-state index is -0.564. The lowest BCUT2D eigenvalue weighted by Gasteiger charge is -2.18. The van der Waals surface area contributed by atoms with E-state index >= 15 is 0 Å². The Morgan fingerprint density at radius 3 is 2.47 bits per heavy atom. The van der Waals surface area contributed by atoms with Crippen LogP contribution in [0.3, 0.4) is 0 Å². The fraction of sp³-hybridized carbons (Fsp3) is 0.276. The van der Waals surface area contributed by atoms with Gasteiger partial charge >= 0.3 is 5.97 Å². The quantitative estimate of drug-likeness (QED) is 0.187. The van der Waals surface area contributed by atoms with E-state index in [4.69, 9.17) is 9.15 Å². The van der Waals surface area contributed by atoms with Gasteiger partial charge in [0.2, 0.25) is 0 Å². The van der Waals surface area contributed by atoms with Gasteiger partial charge in [0.1, 0.15) is 17.1 Å². The van der Waals surface area contributed by atoms with Gasteiger partial charge in [0, 0.05) is 40.8 Å². The molecule has 4 rings (SSSR count). The Kier molecular flexibility index (Phi) is 8.84. The highest BCUT2D eigenvalue weighted by Crippen LogP contribution is 2.42. The van der Waals surface area contributed by atoms with Crippen LogP contribution < -0.4 is 10.7 Å². The van der Waals surface area contributed by atoms with E-state index in [0.717, 1.165) is 19.3 Å². The molecule has 188 valence electrons. The van der Waals surface area contributed by atoms with E-state index in [0.29, 0.717) is 45.5 Å². The van der Waals surface area contributed by atoms with Crippen molar-refractivity contribution < 1.29 is 23.8 Å². The Balaban J connectivity index is 0.00000176. The van der Waals surface area contributed by atoms with E-state index in [-0.39, 0.29) is 22.6 Å². The summed E-state index contributed by atoms with van der Waals surface area (Å²) in [6.45, 7) is 6.65. The maximum absolute atomic E-state index is 12.8. The number of ether oxygens (including phenoxy) is 1. The van der Waals surface area contributed by atoms with Crippen molar-refractivity contribution >= 4 is 22.8 Å². The number of fused-ring (bicyclic) bond motifs is 2. The van der Waals surface area contributed by atoms with E-state index in [1.54, 1.807) is 30.3 Å². The van der Waals surface area contributed by atoms with E-state index in [9.17, 15) is 19.5 Å². The van der Waals surface area contributed by atoms with Crippen molar-refractivity contribution in [1.29, 1.82) is 0 Å². The SMILES string of the molecule is CC.CCCCCNC(=O)c1ccc(C(=O)OC)c(-c2c3ccc(=O)cc-3oc3cc(O)ccc23)c1. The second kappa shape index (κ2) is 12.0. The average molecular weight is 490 g/mol. The van der Waals surface area contributed by atoms with Crippen molar-refractivity contribution in [2.45, 2.75) is 40.0 Å². The van der Waals surface area contributed by atoms with Crippen LogP contribution in [-0.2, 0) is 4.74 Å². The second-order valence-corrected chi connectivity index (χ2v) is 8.03. The van der Waals surface area contributed by atoms with Gasteiger partial charge in [-0.25, -0.2) is 4.79 Å². The summed E-state index contributed by atoms with van der Waals surface area (Å²) in [6, 6.07) is 13.8. The molecule has 0 fully saturated rings. The van der Waals surface area contributed by atoms with Crippen LogP contribution in [-0.4, -0.2) is 30.6 Å². The first-order chi connectivity index (χ1) is 17.4. The monoisotopic (exact) mass is 489 g/mol. The van der Waals surface area contributed by atoms with Gasteiger partial charge in [-0.15, -0.1) is 0 Å². The number of unbranched alkanes of at least 4 members (excludes halogenated alkanes) is 2. The molecule has 2 aromatic rings. The van der Waals surface area contributed by atoms with Gasteiger partial charge in [-0.1, -0.05) is 33.6 Å². The summed E-state index contributed by atoms with van der Waals surface area (Å²) in [5.41, 5.74) is 2.39. The number of amides is 1. The third-order valence-electron chi connectivity index (χ3n) is 5.70. The number of methoxy groups -OCH3 is 1. The van der Waals surface area contributed by atoms with E-state index in [2.05, 4.69) is 12.2 Å². The summed E-state index contributed by atoms with van der Waals surface area (Å²) in [7, 11) is 1.29. The summed E-state index contributed by atoms with van der Waals surface area (Å²) in [4.78, 5) is 37.5. The number of esters is 1. The number of nitrogens with one attached hydrogen (secondary N) is 1. The van der Waals surface area contributed by atoms with Gasteiger partial charge in [0.05, 0.1) is 12.7 Å². The van der Waals surface area contributed by atoms with Gasteiger partial charge < -0.3 is 19.6 Å². The first kappa shape index (κ1) is 26.5. The van der Waals surface area contributed by atoms with Gasteiger partial charge in [0.25, 0.3) is 5.91 Å². The molecule has 1 aliphatic carbocycles. The first-order valence-corrected chi connectivity index (χ1v) is 12.1. The number of rotatable bonds is 7. The van der Waals surface area contributed by atoms with Crippen LogP contribution in [0.25, 0.3) is 33.4 Å². The van der Waals surface area contributed by atoms with Crippen LogP contribution in [0.1, 0.15) is 60.7 Å². The lowest BCUT2D eigenvalue weighted by molar-refractivity contribution is 0.0601. The molecule has 1 aliphatic heterocycles. The molecule has 36 heavy (non-hydrogen) atoms. The largest absolute Gasteiger partial charge is 0.508 e. The second-order valence-electron chi connectivity index (χ2n) is 8.03. The summed E-state index contributed by atoms with van der Waals surface area (Å²) >= 11 is 0. The minimum Gasteiger partial charge on any atom is -0.508 e. The summed E-state index contributed by atoms with van der Waals surface area (Å²) in [5.74, 6) is -0.521. The zero-order valence-corrected chi connectivity index (χ0v) is 21.0.